The van der Waals surface area contributed by atoms with Gasteiger partial charge in [0.15, 0.2) is 0 Å². The van der Waals surface area contributed by atoms with Gasteiger partial charge in [-0.25, -0.2) is 4.98 Å². The molecule has 0 spiro atoms. The van der Waals surface area contributed by atoms with Crippen LogP contribution in [0.4, 0.5) is 0 Å². The van der Waals surface area contributed by atoms with Crippen LogP contribution in [0.1, 0.15) is 44.1 Å². The van der Waals surface area contributed by atoms with E-state index in [0.717, 1.165) is 42.6 Å². The van der Waals surface area contributed by atoms with Gasteiger partial charge < -0.3 is 5.32 Å². The van der Waals surface area contributed by atoms with E-state index in [9.17, 15) is 0 Å². The Morgan fingerprint density at radius 3 is 2.86 bits per heavy atom. The Bertz CT molecular complexity index is 555. The van der Waals surface area contributed by atoms with E-state index in [-0.39, 0.29) is 6.04 Å². The molecule has 0 amide bonds. The van der Waals surface area contributed by atoms with E-state index >= 15 is 0 Å². The Balaban J connectivity index is 2.17. The predicted molar refractivity (Wildman–Crippen MR) is 87.0 cm³/mol. The molecule has 5 nitrogen and oxygen atoms in total. The minimum absolute atomic E-state index is 0.203. The van der Waals surface area contributed by atoms with Gasteiger partial charge in [-0.3, -0.25) is 9.67 Å². The van der Waals surface area contributed by atoms with Crippen molar-refractivity contribution in [2.24, 2.45) is 0 Å². The molecule has 2 aromatic rings. The molecule has 2 heterocycles. The molecule has 1 unspecified atom stereocenters. The smallest absolute Gasteiger partial charge is 0.138 e. The molecule has 0 radical (unpaired) electrons. The molecule has 1 N–H and O–H groups in total. The highest BCUT2D eigenvalue weighted by Crippen LogP contribution is 2.20. The quantitative estimate of drug-likeness (QED) is 0.793. The summed E-state index contributed by atoms with van der Waals surface area (Å²) in [5, 5.41) is 7.88. The molecule has 2 rings (SSSR count). The highest BCUT2D eigenvalue weighted by Gasteiger charge is 2.16. The van der Waals surface area contributed by atoms with Crippen molar-refractivity contribution in [3.63, 3.8) is 0 Å². The fraction of sp³-hybridized carbons (Fsp3) is 0.533. The Kier molecular flexibility index (Phi) is 6.32. The number of nitrogens with zero attached hydrogens (tertiary/aromatic N) is 4. The molecule has 0 aliphatic rings. The lowest BCUT2D eigenvalue weighted by atomic mass is 10.1. The number of pyridine rings is 1. The van der Waals surface area contributed by atoms with Crippen molar-refractivity contribution in [2.75, 3.05) is 6.54 Å². The van der Waals surface area contributed by atoms with E-state index in [4.69, 9.17) is 0 Å². The van der Waals surface area contributed by atoms with Crippen LogP contribution in [0, 0.1) is 0 Å². The van der Waals surface area contributed by atoms with Gasteiger partial charge in [0.25, 0.3) is 0 Å². The van der Waals surface area contributed by atoms with E-state index in [0.29, 0.717) is 0 Å². The first-order valence-electron chi connectivity index (χ1n) is 7.45. The summed E-state index contributed by atoms with van der Waals surface area (Å²) in [4.78, 5) is 8.68. The van der Waals surface area contributed by atoms with Crippen molar-refractivity contribution < 1.29 is 0 Å². The maximum absolute atomic E-state index is 4.41. The van der Waals surface area contributed by atoms with E-state index in [1.807, 2.05) is 10.9 Å². The van der Waals surface area contributed by atoms with Crippen LogP contribution in [0.3, 0.4) is 0 Å². The molecule has 6 heteroatoms. The van der Waals surface area contributed by atoms with Crippen LogP contribution >= 0.6 is 15.9 Å². The number of hydrogen-bond acceptors (Lipinski definition) is 4. The lowest BCUT2D eigenvalue weighted by Gasteiger charge is -2.19. The van der Waals surface area contributed by atoms with Gasteiger partial charge in [0.2, 0.25) is 0 Å². The topological polar surface area (TPSA) is 55.6 Å². The number of aromatic nitrogens is 4. The highest BCUT2D eigenvalue weighted by molar-refractivity contribution is 9.10. The van der Waals surface area contributed by atoms with E-state index in [1.165, 1.54) is 5.56 Å². The molecule has 0 aliphatic carbocycles. The standard InChI is InChI=1S/C15H22BrN5/c1-3-5-18-14(12-7-13(16)10-17-9-12)8-15-19-11-20-21(15)6-4-2/h7,9-11,14,18H,3-6,8H2,1-2H3. The van der Waals surface area contributed by atoms with Crippen molar-refractivity contribution in [3.05, 3.63) is 40.6 Å². The molecule has 0 saturated carbocycles. The maximum atomic E-state index is 4.41. The Hall–Kier alpha value is -1.27. The molecule has 21 heavy (non-hydrogen) atoms. The third-order valence-electron chi connectivity index (χ3n) is 3.29. The van der Waals surface area contributed by atoms with Crippen LogP contribution in [-0.4, -0.2) is 26.3 Å². The zero-order valence-corrected chi connectivity index (χ0v) is 14.2. The number of hydrogen-bond donors (Lipinski definition) is 1. The van der Waals surface area contributed by atoms with E-state index in [2.05, 4.69) is 56.2 Å². The number of rotatable bonds is 8. The number of aryl methyl sites for hydroxylation is 1. The molecule has 0 saturated heterocycles. The van der Waals surface area contributed by atoms with Crippen LogP contribution < -0.4 is 5.32 Å². The summed E-state index contributed by atoms with van der Waals surface area (Å²) < 4.78 is 2.99. The summed E-state index contributed by atoms with van der Waals surface area (Å²) in [6.07, 6.45) is 8.33. The van der Waals surface area contributed by atoms with Crippen molar-refractivity contribution in [1.82, 2.24) is 25.1 Å². The maximum Gasteiger partial charge on any atom is 0.138 e. The van der Waals surface area contributed by atoms with Crippen LogP contribution in [-0.2, 0) is 13.0 Å². The number of nitrogens with one attached hydrogen (secondary N) is 1. The van der Waals surface area contributed by atoms with Gasteiger partial charge in [0.1, 0.15) is 12.2 Å². The Morgan fingerprint density at radius 2 is 2.14 bits per heavy atom. The van der Waals surface area contributed by atoms with Gasteiger partial charge in [-0.1, -0.05) is 13.8 Å². The second kappa shape index (κ2) is 8.24. The van der Waals surface area contributed by atoms with Gasteiger partial charge in [0, 0.05) is 35.9 Å². The average molecular weight is 352 g/mol. The largest absolute Gasteiger partial charge is 0.310 e. The second-order valence-electron chi connectivity index (χ2n) is 5.05. The van der Waals surface area contributed by atoms with Crippen LogP contribution in [0.15, 0.2) is 29.3 Å². The fourth-order valence-corrected chi connectivity index (χ4v) is 2.66. The average Bonchev–Trinajstić information content (AvgIpc) is 2.91. The summed E-state index contributed by atoms with van der Waals surface area (Å²) >= 11 is 3.49. The summed E-state index contributed by atoms with van der Waals surface area (Å²) in [6, 6.07) is 2.32. The van der Waals surface area contributed by atoms with E-state index in [1.54, 1.807) is 12.5 Å². The second-order valence-corrected chi connectivity index (χ2v) is 5.96. The first kappa shape index (κ1) is 16.1. The molecule has 0 bridgehead atoms. The van der Waals surface area contributed by atoms with Crippen molar-refractivity contribution in [1.29, 1.82) is 0 Å². The van der Waals surface area contributed by atoms with E-state index < -0.39 is 0 Å². The van der Waals surface area contributed by atoms with Crippen molar-refractivity contribution >= 4 is 15.9 Å². The van der Waals surface area contributed by atoms with Crippen molar-refractivity contribution in [2.45, 2.75) is 45.7 Å². The summed E-state index contributed by atoms with van der Waals surface area (Å²) in [6.45, 7) is 6.20. The van der Waals surface area contributed by atoms with Gasteiger partial charge in [-0.2, -0.15) is 5.10 Å². The molecular formula is C15H22BrN5. The monoisotopic (exact) mass is 351 g/mol. The molecule has 0 aromatic carbocycles. The molecule has 1 atom stereocenters. The van der Waals surface area contributed by atoms with Crippen LogP contribution in [0.2, 0.25) is 0 Å². The lowest BCUT2D eigenvalue weighted by Crippen LogP contribution is -2.25. The molecule has 0 fully saturated rings. The minimum Gasteiger partial charge on any atom is -0.310 e. The SMILES string of the molecule is CCCNC(Cc1ncnn1CCC)c1cncc(Br)c1. The van der Waals surface area contributed by atoms with Gasteiger partial charge >= 0.3 is 0 Å². The third-order valence-corrected chi connectivity index (χ3v) is 3.72. The fourth-order valence-electron chi connectivity index (χ4n) is 2.27. The normalized spacial score (nSPS) is 12.5. The predicted octanol–water partition coefficient (Wildman–Crippen LogP) is 3.13. The molecule has 0 aliphatic heterocycles. The molecule has 2 aromatic heterocycles. The van der Waals surface area contributed by atoms with Gasteiger partial charge in [-0.05, 0) is 46.9 Å². The zero-order valence-electron chi connectivity index (χ0n) is 12.6. The summed E-state index contributed by atoms with van der Waals surface area (Å²) in [7, 11) is 0. The van der Waals surface area contributed by atoms with Crippen molar-refractivity contribution in [3.8, 4) is 0 Å². The molecule has 114 valence electrons. The summed E-state index contributed by atoms with van der Waals surface area (Å²) in [5.41, 5.74) is 1.17. The van der Waals surface area contributed by atoms with Gasteiger partial charge in [0.05, 0.1) is 0 Å². The first-order chi connectivity index (χ1) is 10.2. The molecular weight excluding hydrogens is 330 g/mol. The zero-order chi connectivity index (χ0) is 15.1. The minimum atomic E-state index is 0.203. The van der Waals surface area contributed by atoms with Gasteiger partial charge in [-0.15, -0.1) is 0 Å². The highest BCUT2D eigenvalue weighted by atomic mass is 79.9. The van der Waals surface area contributed by atoms with Crippen LogP contribution in [0.25, 0.3) is 0 Å². The lowest BCUT2D eigenvalue weighted by molar-refractivity contribution is 0.487. The third kappa shape index (κ3) is 4.61. The first-order valence-corrected chi connectivity index (χ1v) is 8.24. The van der Waals surface area contributed by atoms with Crippen LogP contribution in [0.5, 0.6) is 0 Å². The summed E-state index contributed by atoms with van der Waals surface area (Å²) in [5.74, 6) is 1.02. The Labute approximate surface area is 134 Å². The Morgan fingerprint density at radius 1 is 1.29 bits per heavy atom. The number of halogens is 1.